The molecule has 2 N–H and O–H groups in total. The molecule has 1 fully saturated rings. The van der Waals surface area contributed by atoms with Crippen molar-refractivity contribution < 1.29 is 9.53 Å². The number of benzene rings is 1. The molecule has 1 saturated heterocycles. The van der Waals surface area contributed by atoms with Crippen LogP contribution in [0.1, 0.15) is 41.3 Å². The molecular weight excluding hydrogens is 240 g/mol. The number of amides is 1. The van der Waals surface area contributed by atoms with Crippen LogP contribution in [0, 0.1) is 0 Å². The van der Waals surface area contributed by atoms with E-state index < -0.39 is 0 Å². The SMILES string of the molecule is CC1(CNC(=O)c2ccc3c(c2)COC3)CCCN1. The highest BCUT2D eigenvalue weighted by Crippen LogP contribution is 2.21. The summed E-state index contributed by atoms with van der Waals surface area (Å²) in [5.41, 5.74) is 3.11. The summed E-state index contributed by atoms with van der Waals surface area (Å²) in [6.45, 7) is 5.17. The van der Waals surface area contributed by atoms with E-state index in [1.165, 1.54) is 12.0 Å². The van der Waals surface area contributed by atoms with E-state index in [-0.39, 0.29) is 11.4 Å². The fourth-order valence-electron chi connectivity index (χ4n) is 2.80. The second-order valence-corrected chi connectivity index (χ2v) is 5.75. The molecular formula is C15H20N2O2. The molecule has 0 aromatic heterocycles. The minimum atomic E-state index is 0.00428. The van der Waals surface area contributed by atoms with E-state index in [4.69, 9.17) is 4.74 Å². The first-order valence-electron chi connectivity index (χ1n) is 6.89. The van der Waals surface area contributed by atoms with Crippen LogP contribution in [0.5, 0.6) is 0 Å². The molecule has 0 spiro atoms. The maximum atomic E-state index is 12.2. The third-order valence-electron chi connectivity index (χ3n) is 4.08. The van der Waals surface area contributed by atoms with Gasteiger partial charge in [-0.1, -0.05) is 6.07 Å². The summed E-state index contributed by atoms with van der Waals surface area (Å²) in [6, 6.07) is 5.82. The lowest BCUT2D eigenvalue weighted by Crippen LogP contribution is -2.47. The van der Waals surface area contributed by atoms with Crippen molar-refractivity contribution >= 4 is 5.91 Å². The van der Waals surface area contributed by atoms with Gasteiger partial charge in [-0.05, 0) is 49.6 Å². The number of hydrogen-bond donors (Lipinski definition) is 2. The minimum absolute atomic E-state index is 0.00428. The van der Waals surface area contributed by atoms with Gasteiger partial charge in [-0.3, -0.25) is 4.79 Å². The summed E-state index contributed by atoms with van der Waals surface area (Å²) in [5, 5.41) is 6.48. The lowest BCUT2D eigenvalue weighted by molar-refractivity contribution is 0.0942. The van der Waals surface area contributed by atoms with Crippen LogP contribution in [-0.2, 0) is 18.0 Å². The molecule has 0 saturated carbocycles. The van der Waals surface area contributed by atoms with E-state index in [0.717, 1.165) is 24.1 Å². The van der Waals surface area contributed by atoms with Crippen molar-refractivity contribution in [3.63, 3.8) is 0 Å². The van der Waals surface area contributed by atoms with E-state index in [1.807, 2.05) is 18.2 Å². The Balaban J connectivity index is 1.64. The number of carbonyl (C=O) groups excluding carboxylic acids is 1. The van der Waals surface area contributed by atoms with E-state index in [9.17, 15) is 4.79 Å². The molecule has 102 valence electrons. The molecule has 3 rings (SSSR count). The van der Waals surface area contributed by atoms with Crippen LogP contribution in [0.4, 0.5) is 0 Å². The molecule has 4 heteroatoms. The summed E-state index contributed by atoms with van der Waals surface area (Å²) in [5.74, 6) is 0.00428. The number of rotatable bonds is 3. The molecule has 0 radical (unpaired) electrons. The Hall–Kier alpha value is -1.39. The average molecular weight is 260 g/mol. The fraction of sp³-hybridized carbons (Fsp3) is 0.533. The summed E-state index contributed by atoms with van der Waals surface area (Å²) in [6.07, 6.45) is 2.30. The van der Waals surface area contributed by atoms with Gasteiger partial charge in [0.25, 0.3) is 5.91 Å². The number of nitrogens with one attached hydrogen (secondary N) is 2. The second kappa shape index (κ2) is 4.94. The molecule has 0 bridgehead atoms. The minimum Gasteiger partial charge on any atom is -0.372 e. The number of carbonyl (C=O) groups is 1. The van der Waals surface area contributed by atoms with Crippen molar-refractivity contribution in [3.05, 3.63) is 34.9 Å². The average Bonchev–Trinajstić information content (AvgIpc) is 3.04. The monoisotopic (exact) mass is 260 g/mol. The van der Waals surface area contributed by atoms with E-state index in [1.54, 1.807) is 0 Å². The van der Waals surface area contributed by atoms with E-state index >= 15 is 0 Å². The Morgan fingerprint density at radius 1 is 1.42 bits per heavy atom. The van der Waals surface area contributed by atoms with Crippen LogP contribution in [0.3, 0.4) is 0 Å². The van der Waals surface area contributed by atoms with Crippen LogP contribution >= 0.6 is 0 Å². The molecule has 1 atom stereocenters. The van der Waals surface area contributed by atoms with Crippen molar-refractivity contribution in [2.45, 2.75) is 38.5 Å². The van der Waals surface area contributed by atoms with Gasteiger partial charge >= 0.3 is 0 Å². The van der Waals surface area contributed by atoms with Crippen LogP contribution in [-0.4, -0.2) is 24.5 Å². The van der Waals surface area contributed by atoms with Gasteiger partial charge in [0.05, 0.1) is 13.2 Å². The maximum absolute atomic E-state index is 12.2. The molecule has 1 aromatic carbocycles. The summed E-state index contributed by atoms with van der Waals surface area (Å²) in [4.78, 5) is 12.2. The molecule has 1 amide bonds. The second-order valence-electron chi connectivity index (χ2n) is 5.75. The Labute approximate surface area is 113 Å². The van der Waals surface area contributed by atoms with Gasteiger partial charge in [0.15, 0.2) is 0 Å². The first-order valence-corrected chi connectivity index (χ1v) is 6.89. The van der Waals surface area contributed by atoms with Gasteiger partial charge in [-0.2, -0.15) is 0 Å². The van der Waals surface area contributed by atoms with Crippen molar-refractivity contribution in [3.8, 4) is 0 Å². The lowest BCUT2D eigenvalue weighted by atomic mass is 10.00. The predicted molar refractivity (Wildman–Crippen MR) is 72.9 cm³/mol. The van der Waals surface area contributed by atoms with Gasteiger partial charge in [0.1, 0.15) is 0 Å². The molecule has 19 heavy (non-hydrogen) atoms. The third-order valence-corrected chi connectivity index (χ3v) is 4.08. The van der Waals surface area contributed by atoms with Crippen LogP contribution < -0.4 is 10.6 Å². The molecule has 0 aliphatic carbocycles. The predicted octanol–water partition coefficient (Wildman–Crippen LogP) is 1.59. The Morgan fingerprint density at radius 3 is 3.05 bits per heavy atom. The molecule has 1 aromatic rings. The molecule has 2 aliphatic rings. The lowest BCUT2D eigenvalue weighted by Gasteiger charge is -2.24. The van der Waals surface area contributed by atoms with Crippen molar-refractivity contribution in [2.75, 3.05) is 13.1 Å². The van der Waals surface area contributed by atoms with Gasteiger partial charge in [-0.15, -0.1) is 0 Å². The molecule has 2 heterocycles. The Bertz CT molecular complexity index is 493. The topological polar surface area (TPSA) is 50.4 Å². The van der Waals surface area contributed by atoms with Crippen LogP contribution in [0.2, 0.25) is 0 Å². The van der Waals surface area contributed by atoms with Crippen LogP contribution in [0.25, 0.3) is 0 Å². The van der Waals surface area contributed by atoms with Gasteiger partial charge in [0, 0.05) is 17.6 Å². The number of hydrogen-bond acceptors (Lipinski definition) is 3. The highest BCUT2D eigenvalue weighted by atomic mass is 16.5. The number of ether oxygens (including phenoxy) is 1. The highest BCUT2D eigenvalue weighted by molar-refractivity contribution is 5.94. The normalized spacial score (nSPS) is 25.3. The molecule has 1 unspecified atom stereocenters. The summed E-state index contributed by atoms with van der Waals surface area (Å²) < 4.78 is 5.37. The van der Waals surface area contributed by atoms with Crippen molar-refractivity contribution in [2.24, 2.45) is 0 Å². The first-order chi connectivity index (χ1) is 9.16. The third kappa shape index (κ3) is 2.65. The first kappa shape index (κ1) is 12.6. The fourth-order valence-corrected chi connectivity index (χ4v) is 2.80. The zero-order chi connectivity index (χ0) is 13.3. The zero-order valence-electron chi connectivity index (χ0n) is 11.3. The summed E-state index contributed by atoms with van der Waals surface area (Å²) in [7, 11) is 0. The molecule has 2 aliphatic heterocycles. The number of fused-ring (bicyclic) bond motifs is 1. The maximum Gasteiger partial charge on any atom is 0.251 e. The van der Waals surface area contributed by atoms with Gasteiger partial charge in [-0.25, -0.2) is 0 Å². The summed E-state index contributed by atoms with van der Waals surface area (Å²) >= 11 is 0. The quantitative estimate of drug-likeness (QED) is 0.867. The molecule has 4 nitrogen and oxygen atoms in total. The zero-order valence-corrected chi connectivity index (χ0v) is 11.3. The Morgan fingerprint density at radius 2 is 2.26 bits per heavy atom. The smallest absolute Gasteiger partial charge is 0.251 e. The Kier molecular flexibility index (Phi) is 3.29. The van der Waals surface area contributed by atoms with Gasteiger partial charge < -0.3 is 15.4 Å². The van der Waals surface area contributed by atoms with E-state index in [2.05, 4.69) is 17.6 Å². The highest BCUT2D eigenvalue weighted by Gasteiger charge is 2.28. The van der Waals surface area contributed by atoms with Crippen molar-refractivity contribution in [1.29, 1.82) is 0 Å². The standard InChI is InChI=1S/C15H20N2O2/c1-15(5-2-6-17-15)10-16-14(18)11-3-4-12-8-19-9-13(12)7-11/h3-4,7,17H,2,5-6,8-10H2,1H3,(H,16,18). The van der Waals surface area contributed by atoms with Gasteiger partial charge in [0.2, 0.25) is 0 Å². The van der Waals surface area contributed by atoms with E-state index in [0.29, 0.717) is 19.8 Å². The van der Waals surface area contributed by atoms with Crippen LogP contribution in [0.15, 0.2) is 18.2 Å². The van der Waals surface area contributed by atoms with Crippen molar-refractivity contribution in [1.82, 2.24) is 10.6 Å². The largest absolute Gasteiger partial charge is 0.372 e.